The quantitative estimate of drug-likeness (QED) is 0.364. The van der Waals surface area contributed by atoms with E-state index in [4.69, 9.17) is 16.3 Å². The van der Waals surface area contributed by atoms with Crippen LogP contribution in [0.2, 0.25) is 5.15 Å². The third kappa shape index (κ3) is 3.88. The summed E-state index contributed by atoms with van der Waals surface area (Å²) in [5.74, 6) is 0. The molecule has 126 valence electrons. The Bertz CT molecular complexity index is 718. The molecule has 0 aliphatic heterocycles. The lowest BCUT2D eigenvalue weighted by Gasteiger charge is -2.40. The fourth-order valence-corrected chi connectivity index (χ4v) is 3.31. The van der Waals surface area contributed by atoms with E-state index in [0.29, 0.717) is 11.7 Å². The van der Waals surface area contributed by atoms with Crippen LogP contribution in [0.5, 0.6) is 0 Å². The maximum atomic E-state index is 6.33. The summed E-state index contributed by atoms with van der Waals surface area (Å²) < 4.78 is 9.41. The molecule has 1 unspecified atom stereocenters. The Balaban J connectivity index is 2.30. The lowest BCUT2D eigenvalue weighted by Crippen LogP contribution is -2.43. The van der Waals surface area contributed by atoms with Crippen LogP contribution in [0.3, 0.4) is 0 Å². The van der Waals surface area contributed by atoms with Crippen molar-refractivity contribution < 1.29 is 4.74 Å². The molecule has 0 amide bonds. The average molecular weight is 448 g/mol. The summed E-state index contributed by atoms with van der Waals surface area (Å²) in [6, 6.07) is 0. The molecule has 1 atom stereocenters. The van der Waals surface area contributed by atoms with Gasteiger partial charge in [-0.2, -0.15) is 0 Å². The molecule has 2 rings (SSSR count). The minimum absolute atomic E-state index is 0.0208. The molecule has 0 bridgehead atoms. The van der Waals surface area contributed by atoms with Crippen LogP contribution in [0.15, 0.2) is 25.2 Å². The number of halogens is 2. The van der Waals surface area contributed by atoms with Gasteiger partial charge in [0, 0.05) is 9.77 Å². The SMILES string of the molecule is C=CC(Cn1cc(I)c2c(Cl)ncnc21)OC(C)(C)C(C)(C)C. The number of hydrogen-bond donors (Lipinski definition) is 0. The van der Waals surface area contributed by atoms with Crippen LogP contribution in [0, 0.1) is 8.99 Å². The standard InChI is InChI=1S/C17H23ClIN3O/c1-7-11(23-17(5,6)16(2,3)4)8-22-9-12(19)13-14(18)20-10-21-15(13)22/h7,9-11H,1,8H2,2-6H3. The summed E-state index contributed by atoms with van der Waals surface area (Å²) in [5.41, 5.74) is 0.556. The van der Waals surface area contributed by atoms with Gasteiger partial charge < -0.3 is 9.30 Å². The van der Waals surface area contributed by atoms with Gasteiger partial charge in [-0.15, -0.1) is 6.58 Å². The Morgan fingerprint density at radius 1 is 1.35 bits per heavy atom. The molecule has 0 N–H and O–H groups in total. The number of aromatic nitrogens is 3. The van der Waals surface area contributed by atoms with Crippen molar-refractivity contribution >= 4 is 45.2 Å². The summed E-state index contributed by atoms with van der Waals surface area (Å²) >= 11 is 8.44. The molecule has 2 aromatic heterocycles. The van der Waals surface area contributed by atoms with E-state index in [9.17, 15) is 0 Å². The molecule has 6 heteroatoms. The van der Waals surface area contributed by atoms with E-state index < -0.39 is 0 Å². The van der Waals surface area contributed by atoms with Crippen LogP contribution in [0.1, 0.15) is 34.6 Å². The summed E-state index contributed by atoms with van der Waals surface area (Å²) in [4.78, 5) is 8.43. The molecule has 0 saturated heterocycles. The van der Waals surface area contributed by atoms with Crippen molar-refractivity contribution in [1.29, 1.82) is 0 Å². The number of nitrogens with zero attached hydrogens (tertiary/aromatic N) is 3. The molecule has 0 aliphatic rings. The Morgan fingerprint density at radius 3 is 2.57 bits per heavy atom. The second-order valence-electron chi connectivity index (χ2n) is 7.14. The summed E-state index contributed by atoms with van der Waals surface area (Å²) in [6.45, 7) is 15.3. The lowest BCUT2D eigenvalue weighted by molar-refractivity contribution is -0.118. The van der Waals surface area contributed by atoms with Gasteiger partial charge >= 0.3 is 0 Å². The molecular formula is C17H23ClIN3O. The van der Waals surface area contributed by atoms with Crippen LogP contribution in [0.25, 0.3) is 11.0 Å². The van der Waals surface area contributed by atoms with Gasteiger partial charge in [-0.3, -0.25) is 0 Å². The largest absolute Gasteiger partial charge is 0.366 e. The van der Waals surface area contributed by atoms with Gasteiger partial charge in [-0.1, -0.05) is 38.4 Å². The van der Waals surface area contributed by atoms with Crippen LogP contribution in [-0.2, 0) is 11.3 Å². The first-order chi connectivity index (χ1) is 10.6. The molecule has 0 aromatic carbocycles. The molecular weight excluding hydrogens is 425 g/mol. The van der Waals surface area contributed by atoms with Crippen molar-refractivity contribution in [3.8, 4) is 0 Å². The minimum Gasteiger partial charge on any atom is -0.366 e. The van der Waals surface area contributed by atoms with Crippen LogP contribution >= 0.6 is 34.2 Å². The lowest BCUT2D eigenvalue weighted by atomic mass is 9.79. The van der Waals surface area contributed by atoms with Gasteiger partial charge in [0.2, 0.25) is 0 Å². The highest BCUT2D eigenvalue weighted by Crippen LogP contribution is 2.35. The van der Waals surface area contributed by atoms with Gasteiger partial charge in [0.25, 0.3) is 0 Å². The summed E-state index contributed by atoms with van der Waals surface area (Å²) in [6.07, 6.45) is 5.23. The highest BCUT2D eigenvalue weighted by atomic mass is 127. The first kappa shape index (κ1) is 18.7. The van der Waals surface area contributed by atoms with E-state index in [1.807, 2.05) is 12.3 Å². The van der Waals surface area contributed by atoms with Crippen molar-refractivity contribution in [3.63, 3.8) is 0 Å². The second-order valence-corrected chi connectivity index (χ2v) is 8.67. The van der Waals surface area contributed by atoms with Gasteiger partial charge in [-0.05, 0) is 41.9 Å². The minimum atomic E-state index is -0.283. The molecule has 2 aromatic rings. The normalized spacial score (nSPS) is 14.2. The van der Waals surface area contributed by atoms with E-state index in [2.05, 4.69) is 78.3 Å². The number of hydrogen-bond acceptors (Lipinski definition) is 3. The first-order valence-electron chi connectivity index (χ1n) is 7.52. The van der Waals surface area contributed by atoms with Gasteiger partial charge in [0.05, 0.1) is 23.6 Å². The summed E-state index contributed by atoms with van der Waals surface area (Å²) in [7, 11) is 0. The Labute approximate surface area is 156 Å². The Kier molecular flexibility index (Phi) is 5.43. The first-order valence-corrected chi connectivity index (χ1v) is 8.97. The number of fused-ring (bicyclic) bond motifs is 1. The molecule has 0 radical (unpaired) electrons. The van der Waals surface area contributed by atoms with Crippen LogP contribution in [-0.4, -0.2) is 26.2 Å². The van der Waals surface area contributed by atoms with Crippen molar-refractivity contribution in [2.45, 2.75) is 52.9 Å². The van der Waals surface area contributed by atoms with Crippen LogP contribution < -0.4 is 0 Å². The van der Waals surface area contributed by atoms with E-state index >= 15 is 0 Å². The molecule has 2 heterocycles. The molecule has 0 aliphatic carbocycles. The second kappa shape index (κ2) is 6.69. The molecule has 4 nitrogen and oxygen atoms in total. The maximum absolute atomic E-state index is 6.33. The molecule has 23 heavy (non-hydrogen) atoms. The number of ether oxygens (including phenoxy) is 1. The van der Waals surface area contributed by atoms with E-state index in [0.717, 1.165) is 14.6 Å². The van der Waals surface area contributed by atoms with Crippen molar-refractivity contribution in [1.82, 2.24) is 14.5 Å². The maximum Gasteiger partial charge on any atom is 0.146 e. The third-order valence-electron chi connectivity index (χ3n) is 4.45. The zero-order valence-electron chi connectivity index (χ0n) is 14.2. The summed E-state index contributed by atoms with van der Waals surface area (Å²) in [5, 5.41) is 1.36. The number of rotatable bonds is 5. The third-order valence-corrected chi connectivity index (χ3v) is 5.56. The van der Waals surface area contributed by atoms with Gasteiger partial charge in [-0.25, -0.2) is 9.97 Å². The van der Waals surface area contributed by atoms with Crippen molar-refractivity contribution in [3.05, 3.63) is 33.9 Å². The zero-order valence-corrected chi connectivity index (χ0v) is 17.1. The average Bonchev–Trinajstić information content (AvgIpc) is 2.74. The molecule has 0 saturated carbocycles. The monoisotopic (exact) mass is 447 g/mol. The van der Waals surface area contributed by atoms with Crippen molar-refractivity contribution in [2.75, 3.05) is 0 Å². The van der Waals surface area contributed by atoms with Gasteiger partial charge in [0.1, 0.15) is 17.1 Å². The Hall–Kier alpha value is -0.660. The Morgan fingerprint density at radius 2 is 2.00 bits per heavy atom. The van der Waals surface area contributed by atoms with Crippen molar-refractivity contribution in [2.24, 2.45) is 5.41 Å². The molecule has 0 spiro atoms. The fraction of sp³-hybridized carbons (Fsp3) is 0.529. The van der Waals surface area contributed by atoms with E-state index in [-0.39, 0.29) is 17.1 Å². The molecule has 0 fully saturated rings. The van der Waals surface area contributed by atoms with E-state index in [1.165, 1.54) is 6.33 Å². The predicted molar refractivity (Wildman–Crippen MR) is 104 cm³/mol. The highest BCUT2D eigenvalue weighted by molar-refractivity contribution is 14.1. The van der Waals surface area contributed by atoms with Crippen LogP contribution in [0.4, 0.5) is 0 Å². The fourth-order valence-electron chi connectivity index (χ4n) is 2.09. The predicted octanol–water partition coefficient (Wildman–Crippen LogP) is 5.09. The highest BCUT2D eigenvalue weighted by Gasteiger charge is 2.35. The van der Waals surface area contributed by atoms with Gasteiger partial charge in [0.15, 0.2) is 0 Å². The van der Waals surface area contributed by atoms with E-state index in [1.54, 1.807) is 0 Å². The topological polar surface area (TPSA) is 39.9 Å². The zero-order chi connectivity index (χ0) is 17.4. The smallest absolute Gasteiger partial charge is 0.146 e.